The number of benzene rings is 1. The number of carbonyl (C=O) groups excluding carboxylic acids is 10. The molecule has 426 valence electrons. The number of hydrogen-bond donors (Lipinski definition) is 17. The van der Waals surface area contributed by atoms with Crippen LogP contribution < -0.4 is 65.5 Å². The van der Waals surface area contributed by atoms with Gasteiger partial charge in [-0.05, 0) is 81.0 Å². The van der Waals surface area contributed by atoms with E-state index in [0.717, 1.165) is 0 Å². The number of aromatic hydroxyl groups is 1. The predicted octanol–water partition coefficient (Wildman–Crippen LogP) is -3.69. The summed E-state index contributed by atoms with van der Waals surface area (Å²) in [6.07, 6.45) is -2.01. The number of aliphatic carboxylic acids is 2. The summed E-state index contributed by atoms with van der Waals surface area (Å²) in [6.45, 7) is 6.79. The van der Waals surface area contributed by atoms with Crippen molar-refractivity contribution in [2.45, 2.75) is 153 Å². The highest BCUT2D eigenvalue weighted by Crippen LogP contribution is 2.14. The minimum absolute atomic E-state index is 0.0150. The zero-order chi connectivity index (χ0) is 57.8. The third kappa shape index (κ3) is 25.7. The molecule has 0 aromatic heterocycles. The Hall–Kier alpha value is -6.72. The maximum Gasteiger partial charge on any atom is 0.326 e. The third-order valence-electron chi connectivity index (χ3n) is 11.4. The van der Waals surface area contributed by atoms with E-state index in [1.54, 1.807) is 27.7 Å². The quantitative estimate of drug-likeness (QED) is 0.0225. The average molecular weight is 1110 g/mol. The summed E-state index contributed by atoms with van der Waals surface area (Å²) < 4.78 is 0. The van der Waals surface area contributed by atoms with Gasteiger partial charge in [0, 0.05) is 37.2 Å². The van der Waals surface area contributed by atoms with E-state index in [1.807, 2.05) is 0 Å². The van der Waals surface area contributed by atoms with E-state index in [0.29, 0.717) is 12.0 Å². The van der Waals surface area contributed by atoms with Gasteiger partial charge in [0.1, 0.15) is 54.1 Å². The number of unbranched alkanes of at least 4 members (excludes halogenated alkanes) is 1. The number of carboxylic acids is 2. The minimum atomic E-state index is -1.61. The molecule has 0 aliphatic heterocycles. The molecular weight excluding hydrogens is 1040 g/mol. The number of rotatable bonds is 37. The molecule has 0 saturated heterocycles. The first kappa shape index (κ1) is 67.3. The smallest absolute Gasteiger partial charge is 0.326 e. The van der Waals surface area contributed by atoms with Crippen LogP contribution in [-0.2, 0) is 64.0 Å². The number of primary amides is 2. The van der Waals surface area contributed by atoms with Gasteiger partial charge >= 0.3 is 11.9 Å². The zero-order valence-corrected chi connectivity index (χ0v) is 44.8. The standard InChI is InChI=1S/C47H76N12O15S2/c1-23(2)19-32(47(73)74)56-42(68)30(14-16-36(51)62)54-41(67)29(13-15-35(50)61)53-40(66)28(7-5-6-18-48)52-44(70)33(21-75)58-43(69)31(20-25-8-10-26(60)11-9-25)55-46(72)38(24(3)4)59-45(71)34(22-76)57-39(65)27(49)12-17-37(63)64/h8-11,23-24,27-34,38,60,75-76H,5-7,12-22,48-49H2,1-4H3,(H2,50,61)(H2,51,62)(H,52,70)(H,53,66)(H,54,67)(H,55,72)(H,56,68)(H,57,65)(H,58,69)(H,59,71)(H,63,64)(H,73,74)/t27-,28-,29-,30-,31-,32-,33-,34-,38-/m0/s1. The summed E-state index contributed by atoms with van der Waals surface area (Å²) in [7, 11) is 0. The number of amides is 10. The van der Waals surface area contributed by atoms with Crippen molar-refractivity contribution in [1.29, 1.82) is 0 Å². The van der Waals surface area contributed by atoms with E-state index in [1.165, 1.54) is 24.3 Å². The van der Waals surface area contributed by atoms with E-state index >= 15 is 0 Å². The molecule has 0 aliphatic carbocycles. The average Bonchev–Trinajstić information content (AvgIpc) is 3.34. The molecule has 0 aliphatic rings. The summed E-state index contributed by atoms with van der Waals surface area (Å²) >= 11 is 8.39. The molecule has 1 aromatic carbocycles. The van der Waals surface area contributed by atoms with Gasteiger partial charge in [-0.3, -0.25) is 52.7 Å². The summed E-state index contributed by atoms with van der Waals surface area (Å²) in [6, 6.07) is -7.32. The summed E-state index contributed by atoms with van der Waals surface area (Å²) in [4.78, 5) is 156. The maximum absolute atomic E-state index is 14.2. The molecule has 0 radical (unpaired) electrons. The Bertz CT molecular complexity index is 2170. The largest absolute Gasteiger partial charge is 0.508 e. The lowest BCUT2D eigenvalue weighted by Gasteiger charge is -2.28. The van der Waals surface area contributed by atoms with Gasteiger partial charge in [0.2, 0.25) is 59.1 Å². The molecule has 0 spiro atoms. The highest BCUT2D eigenvalue weighted by Gasteiger charge is 2.36. The van der Waals surface area contributed by atoms with E-state index < -0.39 is 157 Å². The number of thiol groups is 2. The summed E-state index contributed by atoms with van der Waals surface area (Å²) in [5, 5.41) is 48.3. The number of carboxylic acid groups (broad SMARTS) is 2. The van der Waals surface area contributed by atoms with Crippen LogP contribution in [0, 0.1) is 11.8 Å². The lowest BCUT2D eigenvalue weighted by molar-refractivity contribution is -0.143. The predicted molar refractivity (Wildman–Crippen MR) is 281 cm³/mol. The van der Waals surface area contributed by atoms with E-state index in [9.17, 15) is 67.7 Å². The van der Waals surface area contributed by atoms with Gasteiger partial charge in [0.25, 0.3) is 0 Å². The molecule has 10 amide bonds. The van der Waals surface area contributed by atoms with Gasteiger partial charge in [0.15, 0.2) is 0 Å². The SMILES string of the molecule is CC(C)C[C@H](NC(=O)[C@H](CCC(N)=O)NC(=O)[C@H](CCC(N)=O)NC(=O)[C@H](CCCCN)NC(=O)[C@H](CS)NC(=O)[C@H](Cc1ccc(O)cc1)NC(=O)[C@@H](NC(=O)[C@H](CS)NC(=O)[C@@H](N)CCC(=O)O)C(C)C)C(=O)O. The van der Waals surface area contributed by atoms with Crippen molar-refractivity contribution >= 4 is 96.3 Å². The normalized spacial score (nSPS) is 14.7. The van der Waals surface area contributed by atoms with Crippen LogP contribution >= 0.6 is 25.3 Å². The van der Waals surface area contributed by atoms with E-state index in [2.05, 4.69) is 67.8 Å². The lowest BCUT2D eigenvalue weighted by Crippen LogP contribution is -2.61. The van der Waals surface area contributed by atoms with Crippen LogP contribution in [0.2, 0.25) is 0 Å². The molecule has 0 saturated carbocycles. The summed E-state index contributed by atoms with van der Waals surface area (Å²) in [5.41, 5.74) is 22.6. The van der Waals surface area contributed by atoms with Gasteiger partial charge in [-0.15, -0.1) is 0 Å². The first-order valence-corrected chi connectivity index (χ1v) is 25.8. The number of nitrogens with one attached hydrogen (secondary N) is 8. The Morgan fingerprint density at radius 3 is 1.34 bits per heavy atom. The first-order valence-electron chi connectivity index (χ1n) is 24.5. The van der Waals surface area contributed by atoms with Crippen LogP contribution in [0.3, 0.4) is 0 Å². The Kier molecular flexibility index (Phi) is 30.8. The van der Waals surface area contributed by atoms with Crippen molar-refractivity contribution in [3.05, 3.63) is 29.8 Å². The van der Waals surface area contributed by atoms with Crippen LogP contribution in [0.15, 0.2) is 24.3 Å². The van der Waals surface area contributed by atoms with E-state index in [-0.39, 0.29) is 68.2 Å². The molecule has 27 nitrogen and oxygen atoms in total. The van der Waals surface area contributed by atoms with Crippen LogP contribution in [-0.4, -0.2) is 159 Å². The molecule has 0 bridgehead atoms. The van der Waals surface area contributed by atoms with Crippen LogP contribution in [0.1, 0.15) is 97.5 Å². The topological polar surface area (TPSA) is 466 Å². The second-order valence-corrected chi connectivity index (χ2v) is 19.4. The van der Waals surface area contributed by atoms with Gasteiger partial charge in [-0.2, -0.15) is 25.3 Å². The highest BCUT2D eigenvalue weighted by atomic mass is 32.1. The van der Waals surface area contributed by atoms with Gasteiger partial charge in [0.05, 0.1) is 6.04 Å². The molecule has 9 atom stereocenters. The van der Waals surface area contributed by atoms with Crippen molar-refractivity contribution in [2.24, 2.45) is 34.8 Å². The first-order chi connectivity index (χ1) is 35.6. The van der Waals surface area contributed by atoms with Gasteiger partial charge in [-0.25, -0.2) is 4.79 Å². The molecule has 76 heavy (non-hydrogen) atoms. The van der Waals surface area contributed by atoms with Crippen molar-refractivity contribution in [3.63, 3.8) is 0 Å². The number of hydrogen-bond acceptors (Lipinski definition) is 17. The van der Waals surface area contributed by atoms with Gasteiger partial charge in [-0.1, -0.05) is 39.8 Å². The molecule has 19 N–H and O–H groups in total. The monoisotopic (exact) mass is 1110 g/mol. The molecular formula is C47H76N12O15S2. The number of nitrogens with two attached hydrogens (primary N) is 4. The van der Waals surface area contributed by atoms with Crippen molar-refractivity contribution in [2.75, 3.05) is 18.1 Å². The summed E-state index contributed by atoms with van der Waals surface area (Å²) in [5.74, 6) is -13.3. The molecule has 1 aromatic rings. The lowest BCUT2D eigenvalue weighted by atomic mass is 10.00. The molecule has 0 unspecified atom stereocenters. The fourth-order valence-corrected chi connectivity index (χ4v) is 7.65. The molecule has 0 heterocycles. The van der Waals surface area contributed by atoms with Crippen LogP contribution in [0.4, 0.5) is 0 Å². The molecule has 1 rings (SSSR count). The molecule has 29 heteroatoms. The second-order valence-electron chi connectivity index (χ2n) is 18.7. The van der Waals surface area contributed by atoms with Crippen LogP contribution in [0.5, 0.6) is 5.75 Å². The molecule has 0 fully saturated rings. The van der Waals surface area contributed by atoms with Crippen molar-refractivity contribution < 1.29 is 72.9 Å². The highest BCUT2D eigenvalue weighted by molar-refractivity contribution is 7.80. The fourth-order valence-electron chi connectivity index (χ4n) is 7.13. The number of phenols is 1. The Balaban J connectivity index is 3.50. The fraction of sp³-hybridized carbons (Fsp3) is 0.617. The number of carbonyl (C=O) groups is 12. The third-order valence-corrected chi connectivity index (χ3v) is 12.1. The van der Waals surface area contributed by atoms with Crippen molar-refractivity contribution in [1.82, 2.24) is 42.5 Å². The second kappa shape index (κ2) is 34.8. The Morgan fingerprint density at radius 1 is 0.513 bits per heavy atom. The van der Waals surface area contributed by atoms with Crippen molar-refractivity contribution in [3.8, 4) is 5.75 Å². The van der Waals surface area contributed by atoms with Crippen LogP contribution in [0.25, 0.3) is 0 Å². The van der Waals surface area contributed by atoms with Gasteiger partial charge < -0.3 is 80.8 Å². The number of phenolic OH excluding ortho intramolecular Hbond substituents is 1. The zero-order valence-electron chi connectivity index (χ0n) is 43.0. The maximum atomic E-state index is 14.2. The Morgan fingerprint density at radius 2 is 0.921 bits per heavy atom. The van der Waals surface area contributed by atoms with E-state index in [4.69, 9.17) is 28.0 Å². The minimum Gasteiger partial charge on any atom is -0.508 e. The Labute approximate surface area is 451 Å².